The van der Waals surface area contributed by atoms with Crippen LogP contribution in [-0.4, -0.2) is 17.5 Å². The van der Waals surface area contributed by atoms with Gasteiger partial charge < -0.3 is 5.32 Å². The van der Waals surface area contributed by atoms with E-state index in [1.165, 1.54) is 6.42 Å². The van der Waals surface area contributed by atoms with Gasteiger partial charge in [-0.25, -0.2) is 5.43 Å². The van der Waals surface area contributed by atoms with Crippen LogP contribution in [0.2, 0.25) is 0 Å². The summed E-state index contributed by atoms with van der Waals surface area (Å²) in [6, 6.07) is 7.27. The van der Waals surface area contributed by atoms with Gasteiger partial charge in [-0.05, 0) is 43.7 Å². The Morgan fingerprint density at radius 1 is 1.05 bits per heavy atom. The maximum atomic E-state index is 11.8. The van der Waals surface area contributed by atoms with Gasteiger partial charge in [0.2, 0.25) is 0 Å². The van der Waals surface area contributed by atoms with Crippen molar-refractivity contribution in [3.63, 3.8) is 0 Å². The molecular weight excluding hydrogens is 278 g/mol. The highest BCUT2D eigenvalue weighted by atomic mass is 16.2. The van der Waals surface area contributed by atoms with Gasteiger partial charge in [-0.3, -0.25) is 9.59 Å². The summed E-state index contributed by atoms with van der Waals surface area (Å²) in [5.74, 6) is -0.740. The first-order chi connectivity index (χ1) is 10.5. The summed E-state index contributed by atoms with van der Waals surface area (Å²) in [7, 11) is 0. The van der Waals surface area contributed by atoms with E-state index in [0.29, 0.717) is 17.5 Å². The molecule has 1 aromatic carbocycles. The predicted octanol–water partition coefficient (Wildman–Crippen LogP) is 2.86. The van der Waals surface area contributed by atoms with Crippen molar-refractivity contribution in [1.82, 2.24) is 5.43 Å². The van der Waals surface area contributed by atoms with Crippen molar-refractivity contribution in [1.29, 1.82) is 0 Å². The average Bonchev–Trinajstić information content (AvgIpc) is 2.48. The number of rotatable bonds is 2. The Bertz CT molecular complexity index is 566. The van der Waals surface area contributed by atoms with Crippen molar-refractivity contribution in [3.05, 3.63) is 29.8 Å². The highest BCUT2D eigenvalue weighted by Gasteiger charge is 2.23. The number of nitrogens with zero attached hydrogens (tertiary/aromatic N) is 1. The van der Waals surface area contributed by atoms with Gasteiger partial charge in [0.15, 0.2) is 0 Å². The molecule has 2 N–H and O–H groups in total. The van der Waals surface area contributed by atoms with Crippen LogP contribution in [0, 0.1) is 18.8 Å². The maximum absolute atomic E-state index is 11.8. The maximum Gasteiger partial charge on any atom is 0.329 e. The molecule has 5 heteroatoms. The number of hydrogen-bond acceptors (Lipinski definition) is 3. The van der Waals surface area contributed by atoms with Crippen LogP contribution in [0.1, 0.15) is 38.7 Å². The first-order valence-corrected chi connectivity index (χ1v) is 7.73. The van der Waals surface area contributed by atoms with Crippen molar-refractivity contribution in [2.24, 2.45) is 16.9 Å². The molecule has 1 aliphatic carbocycles. The summed E-state index contributed by atoms with van der Waals surface area (Å²) in [5.41, 5.74) is 5.04. The van der Waals surface area contributed by atoms with E-state index in [4.69, 9.17) is 0 Å². The molecule has 118 valence electrons. The zero-order valence-electron chi connectivity index (χ0n) is 13.3. The number of hydrazone groups is 1. The summed E-state index contributed by atoms with van der Waals surface area (Å²) in [5, 5.41) is 6.74. The SMILES string of the molecule is Cc1ccc(NC(=O)C(=O)NN=C2[C@@H](C)CCC[C@@H]2C)cc1. The lowest BCUT2D eigenvalue weighted by molar-refractivity contribution is -0.136. The fourth-order valence-corrected chi connectivity index (χ4v) is 2.72. The van der Waals surface area contributed by atoms with E-state index in [-0.39, 0.29) is 0 Å². The van der Waals surface area contributed by atoms with E-state index in [1.807, 2.05) is 19.1 Å². The van der Waals surface area contributed by atoms with E-state index < -0.39 is 11.8 Å². The Kier molecular flexibility index (Phi) is 5.31. The van der Waals surface area contributed by atoms with E-state index >= 15 is 0 Å². The lowest BCUT2D eigenvalue weighted by Gasteiger charge is -2.26. The van der Waals surface area contributed by atoms with Gasteiger partial charge in [-0.15, -0.1) is 0 Å². The zero-order valence-corrected chi connectivity index (χ0v) is 13.3. The number of carbonyl (C=O) groups excluding carboxylic acids is 2. The van der Waals surface area contributed by atoms with Gasteiger partial charge in [0, 0.05) is 11.4 Å². The molecular formula is C17H23N3O2. The third kappa shape index (κ3) is 4.16. The molecule has 22 heavy (non-hydrogen) atoms. The molecule has 2 rings (SSSR count). The lowest BCUT2D eigenvalue weighted by atomic mass is 9.81. The zero-order chi connectivity index (χ0) is 16.1. The van der Waals surface area contributed by atoms with E-state index in [1.54, 1.807) is 12.1 Å². The quantitative estimate of drug-likeness (QED) is 0.651. The molecule has 0 bridgehead atoms. The van der Waals surface area contributed by atoms with Crippen LogP contribution in [0.5, 0.6) is 0 Å². The van der Waals surface area contributed by atoms with Crippen molar-refractivity contribution in [3.8, 4) is 0 Å². The number of benzene rings is 1. The summed E-state index contributed by atoms with van der Waals surface area (Å²) < 4.78 is 0. The molecule has 1 aliphatic rings. The molecule has 1 saturated carbocycles. The molecule has 0 unspecified atom stereocenters. The summed E-state index contributed by atoms with van der Waals surface area (Å²) in [6.07, 6.45) is 3.34. The Balaban J connectivity index is 1.93. The fraction of sp³-hybridized carbons (Fsp3) is 0.471. The number of amides is 2. The van der Waals surface area contributed by atoms with Crippen LogP contribution in [0.4, 0.5) is 5.69 Å². The number of nitrogens with one attached hydrogen (secondary N) is 2. The largest absolute Gasteiger partial charge is 0.329 e. The van der Waals surface area contributed by atoms with Gasteiger partial charge in [-0.1, -0.05) is 38.0 Å². The molecule has 2 amide bonds. The Hall–Kier alpha value is -2.17. The Labute approximate surface area is 131 Å². The highest BCUT2D eigenvalue weighted by molar-refractivity contribution is 6.39. The molecule has 0 saturated heterocycles. The third-order valence-electron chi connectivity index (χ3n) is 4.09. The van der Waals surface area contributed by atoms with Gasteiger partial charge in [0.25, 0.3) is 0 Å². The van der Waals surface area contributed by atoms with Crippen LogP contribution in [-0.2, 0) is 9.59 Å². The first-order valence-electron chi connectivity index (χ1n) is 7.73. The van der Waals surface area contributed by atoms with E-state index in [9.17, 15) is 9.59 Å². The molecule has 0 aliphatic heterocycles. The number of anilines is 1. The van der Waals surface area contributed by atoms with E-state index in [0.717, 1.165) is 24.1 Å². The summed E-state index contributed by atoms with van der Waals surface area (Å²) >= 11 is 0. The monoisotopic (exact) mass is 301 g/mol. The van der Waals surface area contributed by atoms with Crippen molar-refractivity contribution in [2.45, 2.75) is 40.0 Å². The minimum atomic E-state index is -0.738. The van der Waals surface area contributed by atoms with Gasteiger partial charge in [0.1, 0.15) is 0 Å². The molecule has 0 heterocycles. The minimum absolute atomic E-state index is 0.351. The summed E-state index contributed by atoms with van der Waals surface area (Å²) in [4.78, 5) is 23.7. The standard InChI is InChI=1S/C17H23N3O2/c1-11-7-9-14(10-8-11)18-16(21)17(22)20-19-15-12(2)5-4-6-13(15)3/h7-10,12-13H,4-6H2,1-3H3,(H,18,21)(H,20,22)/t12-,13-/m0/s1. The third-order valence-corrected chi connectivity index (χ3v) is 4.09. The minimum Gasteiger partial charge on any atom is -0.318 e. The molecule has 5 nitrogen and oxygen atoms in total. The van der Waals surface area contributed by atoms with Crippen LogP contribution in [0.25, 0.3) is 0 Å². The predicted molar refractivity (Wildman–Crippen MR) is 87.6 cm³/mol. The molecule has 0 aromatic heterocycles. The second-order valence-electron chi connectivity index (χ2n) is 6.03. The smallest absolute Gasteiger partial charge is 0.318 e. The second kappa shape index (κ2) is 7.20. The lowest BCUT2D eigenvalue weighted by Crippen LogP contribution is -2.35. The molecule has 2 atom stereocenters. The van der Waals surface area contributed by atoms with Crippen molar-refractivity contribution < 1.29 is 9.59 Å². The van der Waals surface area contributed by atoms with Crippen LogP contribution in [0.15, 0.2) is 29.4 Å². The van der Waals surface area contributed by atoms with E-state index in [2.05, 4.69) is 29.7 Å². The molecule has 0 radical (unpaired) electrons. The molecule has 1 aromatic rings. The number of carbonyl (C=O) groups is 2. The number of hydrogen-bond donors (Lipinski definition) is 2. The van der Waals surface area contributed by atoms with Crippen LogP contribution >= 0.6 is 0 Å². The normalized spacial score (nSPS) is 21.1. The topological polar surface area (TPSA) is 70.6 Å². The van der Waals surface area contributed by atoms with Crippen LogP contribution < -0.4 is 10.7 Å². The van der Waals surface area contributed by atoms with Gasteiger partial charge in [-0.2, -0.15) is 5.10 Å². The Morgan fingerprint density at radius 3 is 2.23 bits per heavy atom. The van der Waals surface area contributed by atoms with Crippen molar-refractivity contribution in [2.75, 3.05) is 5.32 Å². The first kappa shape index (κ1) is 16.2. The van der Waals surface area contributed by atoms with Crippen molar-refractivity contribution >= 4 is 23.2 Å². The second-order valence-corrected chi connectivity index (χ2v) is 6.03. The van der Waals surface area contributed by atoms with Gasteiger partial charge >= 0.3 is 11.8 Å². The number of aryl methyl sites for hydroxylation is 1. The highest BCUT2D eigenvalue weighted by Crippen LogP contribution is 2.25. The van der Waals surface area contributed by atoms with Gasteiger partial charge in [0.05, 0.1) is 0 Å². The van der Waals surface area contributed by atoms with Crippen LogP contribution in [0.3, 0.4) is 0 Å². The molecule has 0 spiro atoms. The Morgan fingerprint density at radius 2 is 1.64 bits per heavy atom. The fourth-order valence-electron chi connectivity index (χ4n) is 2.72. The average molecular weight is 301 g/mol. The summed E-state index contributed by atoms with van der Waals surface area (Å²) in [6.45, 7) is 6.17. The molecule has 1 fully saturated rings.